The Kier molecular flexibility index (Phi) is 6.99. The average molecular weight is 462 g/mol. The fourth-order valence-electron chi connectivity index (χ4n) is 3.20. The van der Waals surface area contributed by atoms with Gasteiger partial charge in [-0.15, -0.1) is 0 Å². The normalized spacial score (nSPS) is 14.7. The average Bonchev–Trinajstić information content (AvgIpc) is 2.69. The lowest BCUT2D eigenvalue weighted by Crippen LogP contribution is -2.34. The maximum Gasteiger partial charge on any atom is 0.181 e. The first-order valence-electron chi connectivity index (χ1n) is 9.76. The fraction of sp³-hybridized carbons (Fsp3) is 0.250. The van der Waals surface area contributed by atoms with Crippen LogP contribution in [0.5, 0.6) is 11.5 Å². The van der Waals surface area contributed by atoms with Gasteiger partial charge in [0.1, 0.15) is 11.5 Å². The van der Waals surface area contributed by atoms with E-state index in [0.29, 0.717) is 21.5 Å². The van der Waals surface area contributed by atoms with Gasteiger partial charge in [-0.2, -0.15) is 0 Å². The smallest absolute Gasteiger partial charge is 0.181 e. The van der Waals surface area contributed by atoms with E-state index < -0.39 is 12.4 Å². The van der Waals surface area contributed by atoms with Crippen molar-refractivity contribution < 1.29 is 9.30 Å². The van der Waals surface area contributed by atoms with Gasteiger partial charge in [-0.05, 0) is 48.9 Å². The molecule has 2 atom stereocenters. The highest BCUT2D eigenvalue weighted by Gasteiger charge is 2.39. The molecule has 30 heavy (non-hydrogen) atoms. The van der Waals surface area contributed by atoms with Crippen molar-refractivity contribution in [2.75, 3.05) is 0 Å². The summed E-state index contributed by atoms with van der Waals surface area (Å²) >= 11 is 12.5. The maximum absolute atomic E-state index is 14.1. The molecular weight excluding hydrogens is 436 g/mol. The molecule has 0 aliphatic heterocycles. The summed E-state index contributed by atoms with van der Waals surface area (Å²) in [5.41, 5.74) is 0.862. The van der Waals surface area contributed by atoms with Gasteiger partial charge in [0.25, 0.3) is 0 Å². The monoisotopic (exact) mass is 461 g/mol. The highest BCUT2D eigenvalue weighted by Crippen LogP contribution is 2.54. The Hall–Kier alpha value is -1.77. The van der Waals surface area contributed by atoms with Gasteiger partial charge >= 0.3 is 0 Å². The van der Waals surface area contributed by atoms with E-state index in [9.17, 15) is 4.57 Å². The molecule has 0 bridgehead atoms. The van der Waals surface area contributed by atoms with Crippen LogP contribution in [0.25, 0.3) is 0 Å². The van der Waals surface area contributed by atoms with E-state index in [1.54, 1.807) is 30.3 Å². The molecular formula is C24H26Cl2NO2P. The van der Waals surface area contributed by atoms with Crippen LogP contribution in [0.4, 0.5) is 0 Å². The molecule has 0 aromatic heterocycles. The van der Waals surface area contributed by atoms with Crippen molar-refractivity contribution in [1.82, 2.24) is 5.09 Å². The second-order valence-electron chi connectivity index (χ2n) is 8.21. The van der Waals surface area contributed by atoms with Crippen LogP contribution in [0.2, 0.25) is 10.0 Å². The van der Waals surface area contributed by atoms with Gasteiger partial charge in [0, 0.05) is 26.5 Å². The lowest BCUT2D eigenvalue weighted by atomic mass is 10.1. The molecule has 0 aliphatic rings. The van der Waals surface area contributed by atoms with Gasteiger partial charge in [0.05, 0.1) is 0 Å². The van der Waals surface area contributed by atoms with Crippen molar-refractivity contribution in [1.29, 1.82) is 0 Å². The van der Waals surface area contributed by atoms with E-state index in [4.69, 9.17) is 27.9 Å². The first-order valence-corrected chi connectivity index (χ1v) is 12.2. The van der Waals surface area contributed by atoms with E-state index in [1.165, 1.54) is 0 Å². The van der Waals surface area contributed by atoms with Gasteiger partial charge < -0.3 is 9.30 Å². The third kappa shape index (κ3) is 5.10. The van der Waals surface area contributed by atoms with Crippen molar-refractivity contribution in [2.45, 2.75) is 38.9 Å². The standard InChI is InChI=1S/C24H26Cl2NO2P/c1-17(27-30(28,24(2,3)4)21-8-6-5-7-9-21)22-15-14-20(16-23(22)26)29-19-12-10-18(25)11-13-19/h5-17H,1-4H3,(H,27,28). The van der Waals surface area contributed by atoms with Crippen LogP contribution in [0.15, 0.2) is 72.8 Å². The summed E-state index contributed by atoms with van der Waals surface area (Å²) in [4.78, 5) is 0. The van der Waals surface area contributed by atoms with Crippen LogP contribution in [-0.4, -0.2) is 5.16 Å². The molecule has 0 heterocycles. The van der Waals surface area contributed by atoms with Gasteiger partial charge in [0.15, 0.2) is 7.29 Å². The van der Waals surface area contributed by atoms with E-state index >= 15 is 0 Å². The zero-order valence-corrected chi connectivity index (χ0v) is 19.9. The molecule has 0 fully saturated rings. The molecule has 3 nitrogen and oxygen atoms in total. The second kappa shape index (κ2) is 9.16. The van der Waals surface area contributed by atoms with Crippen molar-refractivity contribution in [3.63, 3.8) is 0 Å². The zero-order chi connectivity index (χ0) is 21.9. The number of hydrogen-bond acceptors (Lipinski definition) is 2. The highest BCUT2D eigenvalue weighted by atomic mass is 35.5. The third-order valence-electron chi connectivity index (χ3n) is 4.93. The second-order valence-corrected chi connectivity index (χ2v) is 12.4. The number of halogens is 2. The summed E-state index contributed by atoms with van der Waals surface area (Å²) in [7, 11) is -2.92. The van der Waals surface area contributed by atoms with Crippen LogP contribution in [0.3, 0.4) is 0 Å². The summed E-state index contributed by atoms with van der Waals surface area (Å²) in [6.45, 7) is 7.95. The van der Waals surface area contributed by atoms with Gasteiger partial charge in [0.2, 0.25) is 0 Å². The molecule has 2 unspecified atom stereocenters. The fourth-order valence-corrected chi connectivity index (χ4v) is 6.24. The molecule has 3 aromatic carbocycles. The van der Waals surface area contributed by atoms with Crippen molar-refractivity contribution >= 4 is 35.8 Å². The zero-order valence-electron chi connectivity index (χ0n) is 17.5. The van der Waals surface area contributed by atoms with Gasteiger partial charge in [-0.3, -0.25) is 5.09 Å². The SMILES string of the molecule is CC(NP(=O)(c1ccccc1)C(C)(C)C)c1ccc(Oc2ccc(Cl)cc2)cc1Cl. The largest absolute Gasteiger partial charge is 0.457 e. The minimum absolute atomic E-state index is 0.215. The van der Waals surface area contributed by atoms with Crippen LogP contribution in [0.1, 0.15) is 39.3 Å². The minimum atomic E-state index is -2.92. The van der Waals surface area contributed by atoms with Crippen molar-refractivity contribution in [2.24, 2.45) is 0 Å². The summed E-state index contributed by atoms with van der Waals surface area (Å²) in [5, 5.41) is 4.96. The Balaban J connectivity index is 1.84. The van der Waals surface area contributed by atoms with Crippen LogP contribution in [0, 0.1) is 0 Å². The number of nitrogens with one attached hydrogen (secondary N) is 1. The summed E-state index contributed by atoms with van der Waals surface area (Å²) in [6.07, 6.45) is 0. The molecule has 1 N–H and O–H groups in total. The van der Waals surface area contributed by atoms with Crippen molar-refractivity contribution in [3.8, 4) is 11.5 Å². The van der Waals surface area contributed by atoms with E-state index in [2.05, 4.69) is 5.09 Å². The molecule has 0 radical (unpaired) electrons. The molecule has 3 aromatic rings. The maximum atomic E-state index is 14.1. The Labute approximate surface area is 188 Å². The lowest BCUT2D eigenvalue weighted by molar-refractivity contribution is 0.482. The predicted octanol–water partition coefficient (Wildman–Crippen LogP) is 7.84. The molecule has 158 valence electrons. The molecule has 0 spiro atoms. The summed E-state index contributed by atoms with van der Waals surface area (Å²) < 4.78 is 19.9. The molecule has 0 aliphatic carbocycles. The predicted molar refractivity (Wildman–Crippen MR) is 128 cm³/mol. The number of ether oxygens (including phenoxy) is 1. The quantitative estimate of drug-likeness (QED) is 0.379. The van der Waals surface area contributed by atoms with Gasteiger partial charge in [-0.25, -0.2) is 0 Å². The molecule has 6 heteroatoms. The van der Waals surface area contributed by atoms with E-state index in [-0.39, 0.29) is 6.04 Å². The van der Waals surface area contributed by atoms with E-state index in [1.807, 2.05) is 70.2 Å². The number of benzene rings is 3. The Morgan fingerprint density at radius 2 is 1.50 bits per heavy atom. The molecule has 0 saturated heterocycles. The Morgan fingerprint density at radius 3 is 2.07 bits per heavy atom. The molecule has 3 rings (SSSR count). The number of hydrogen-bond donors (Lipinski definition) is 1. The molecule has 0 amide bonds. The topological polar surface area (TPSA) is 38.3 Å². The van der Waals surface area contributed by atoms with Crippen LogP contribution < -0.4 is 15.1 Å². The molecule has 0 saturated carbocycles. The lowest BCUT2D eigenvalue weighted by Gasteiger charge is -2.35. The first-order chi connectivity index (χ1) is 14.1. The highest BCUT2D eigenvalue weighted by molar-refractivity contribution is 7.71. The first kappa shape index (κ1) is 22.9. The summed E-state index contributed by atoms with van der Waals surface area (Å²) in [6, 6.07) is 22.0. The summed E-state index contributed by atoms with van der Waals surface area (Å²) in [5.74, 6) is 1.30. The van der Waals surface area contributed by atoms with Gasteiger partial charge in [-0.1, -0.05) is 80.4 Å². The third-order valence-corrected chi connectivity index (χ3v) is 9.17. The van der Waals surface area contributed by atoms with Crippen LogP contribution in [-0.2, 0) is 4.57 Å². The van der Waals surface area contributed by atoms with Crippen molar-refractivity contribution in [3.05, 3.63) is 88.4 Å². The Bertz CT molecular complexity index is 1050. The Morgan fingerprint density at radius 1 is 0.900 bits per heavy atom. The van der Waals surface area contributed by atoms with Crippen LogP contribution >= 0.6 is 30.5 Å². The van der Waals surface area contributed by atoms with E-state index in [0.717, 1.165) is 10.9 Å². The number of rotatable bonds is 6. The minimum Gasteiger partial charge on any atom is -0.457 e.